The van der Waals surface area contributed by atoms with Crippen LogP contribution in [0.15, 0.2) is 54.9 Å². The lowest BCUT2D eigenvalue weighted by molar-refractivity contribution is -0.122. The number of H-pyrrole nitrogens is 1. The van der Waals surface area contributed by atoms with Crippen LogP contribution in [0.2, 0.25) is 10.2 Å². The Kier molecular flexibility index (Phi) is 9.42. The van der Waals surface area contributed by atoms with Gasteiger partial charge in [-0.15, -0.1) is 5.10 Å². The van der Waals surface area contributed by atoms with E-state index in [1.165, 1.54) is 17.1 Å². The van der Waals surface area contributed by atoms with E-state index in [1.807, 2.05) is 31.2 Å². The summed E-state index contributed by atoms with van der Waals surface area (Å²) in [5.74, 6) is -0.408. The number of carbonyl (C=O) groups excluding carboxylic acids is 2. The highest BCUT2D eigenvalue weighted by Gasteiger charge is 2.23. The van der Waals surface area contributed by atoms with Crippen molar-refractivity contribution in [3.05, 3.63) is 82.0 Å². The molecule has 4 aromatic rings. The van der Waals surface area contributed by atoms with Crippen LogP contribution in [0.25, 0.3) is 23.0 Å². The van der Waals surface area contributed by atoms with Gasteiger partial charge >= 0.3 is 0 Å². The van der Waals surface area contributed by atoms with Crippen LogP contribution in [0.1, 0.15) is 29.4 Å². The van der Waals surface area contributed by atoms with Crippen LogP contribution in [0.4, 0.5) is 0 Å². The average molecular weight is 569 g/mol. The van der Waals surface area contributed by atoms with Gasteiger partial charge in [0.05, 0.1) is 24.8 Å². The molecule has 0 aliphatic carbocycles. The predicted molar refractivity (Wildman–Crippen MR) is 147 cm³/mol. The number of nitrogens with one attached hydrogen (secondary N) is 3. The van der Waals surface area contributed by atoms with Crippen molar-refractivity contribution in [2.75, 3.05) is 20.3 Å². The summed E-state index contributed by atoms with van der Waals surface area (Å²) < 4.78 is 6.45. The van der Waals surface area contributed by atoms with Gasteiger partial charge in [-0.1, -0.05) is 53.0 Å². The second kappa shape index (κ2) is 13.1. The van der Waals surface area contributed by atoms with Gasteiger partial charge in [-0.3, -0.25) is 9.59 Å². The Morgan fingerprint density at radius 1 is 1.18 bits per heavy atom. The number of ether oxygens (including phenoxy) is 1. The van der Waals surface area contributed by atoms with Crippen molar-refractivity contribution < 1.29 is 14.3 Å². The van der Waals surface area contributed by atoms with Crippen molar-refractivity contribution >= 4 is 41.1 Å². The summed E-state index contributed by atoms with van der Waals surface area (Å²) in [5.41, 5.74) is 3.66. The first-order valence-corrected chi connectivity index (χ1v) is 12.7. The van der Waals surface area contributed by atoms with Crippen LogP contribution in [0.5, 0.6) is 0 Å². The minimum absolute atomic E-state index is 0.0759. The first-order valence-electron chi connectivity index (χ1n) is 11.9. The minimum Gasteiger partial charge on any atom is -0.383 e. The highest BCUT2D eigenvalue weighted by atomic mass is 35.5. The first-order chi connectivity index (χ1) is 18.8. The third-order valence-corrected chi connectivity index (χ3v) is 6.18. The Balaban J connectivity index is 1.57. The lowest BCUT2D eigenvalue weighted by atomic mass is 10.1. The van der Waals surface area contributed by atoms with Gasteiger partial charge < -0.3 is 20.4 Å². The Labute approximate surface area is 234 Å². The van der Waals surface area contributed by atoms with Gasteiger partial charge in [0.15, 0.2) is 0 Å². The summed E-state index contributed by atoms with van der Waals surface area (Å²) in [6.07, 6.45) is 4.28. The summed E-state index contributed by atoms with van der Waals surface area (Å²) in [6.45, 7) is 2.68. The smallest absolute Gasteiger partial charge is 0.244 e. The van der Waals surface area contributed by atoms with Crippen LogP contribution in [-0.2, 0) is 14.3 Å². The van der Waals surface area contributed by atoms with Crippen LogP contribution in [0.3, 0.4) is 0 Å². The van der Waals surface area contributed by atoms with Gasteiger partial charge in [-0.2, -0.15) is 4.68 Å². The number of methoxy groups -OCH3 is 1. The first kappa shape index (κ1) is 28.0. The molecule has 4 rings (SSSR count). The largest absolute Gasteiger partial charge is 0.383 e. The fraction of sp³-hybridized carbons (Fsp3) is 0.231. The molecule has 1 atom stereocenters. The molecule has 0 bridgehead atoms. The Morgan fingerprint density at radius 2 is 1.97 bits per heavy atom. The number of aromatic nitrogens is 6. The van der Waals surface area contributed by atoms with Gasteiger partial charge in [0.1, 0.15) is 23.0 Å². The van der Waals surface area contributed by atoms with E-state index < -0.39 is 11.9 Å². The summed E-state index contributed by atoms with van der Waals surface area (Å²) in [7, 11) is 1.55. The fourth-order valence-electron chi connectivity index (χ4n) is 3.73. The average Bonchev–Trinajstić information content (AvgIpc) is 3.58. The number of nitrogens with zero attached hydrogens (tertiary/aromatic N) is 5. The van der Waals surface area contributed by atoms with E-state index in [9.17, 15) is 9.59 Å². The maximum Gasteiger partial charge on any atom is 0.244 e. The second-order valence-electron chi connectivity index (χ2n) is 8.55. The molecule has 0 saturated carbocycles. The zero-order chi connectivity index (χ0) is 27.8. The zero-order valence-corrected chi connectivity index (χ0v) is 22.7. The number of hydrogen-bond donors (Lipinski definition) is 3. The topological polar surface area (TPSA) is 140 Å². The number of amides is 2. The standard InChI is InChI=1S/C26H26Cl2N8O3/c1-16-3-5-17(6-4-16)24-25(28)33-26(32-24)20(14-23(38)29-11-12-39-2)31-22(37)10-7-18-13-19(27)8-9-21(18)36-15-30-34-35-36/h3-10,13,15,20H,11-12,14H2,1-2H3,(H,29,38)(H,31,37)(H,32,33)/b10-7+/t20-/m0/s1. The summed E-state index contributed by atoms with van der Waals surface area (Å²) in [4.78, 5) is 33.3. The van der Waals surface area contributed by atoms with E-state index in [0.29, 0.717) is 46.1 Å². The lowest BCUT2D eigenvalue weighted by Crippen LogP contribution is -2.34. The number of hydrogen-bond acceptors (Lipinski definition) is 7. The van der Waals surface area contributed by atoms with Crippen molar-refractivity contribution in [3.8, 4) is 16.9 Å². The molecule has 2 aromatic heterocycles. The molecule has 2 aromatic carbocycles. The van der Waals surface area contributed by atoms with Crippen molar-refractivity contribution in [3.63, 3.8) is 0 Å². The number of aromatic amines is 1. The molecule has 0 aliphatic heterocycles. The zero-order valence-electron chi connectivity index (χ0n) is 21.2. The van der Waals surface area contributed by atoms with Gasteiger partial charge in [0.2, 0.25) is 11.8 Å². The van der Waals surface area contributed by atoms with Crippen molar-refractivity contribution in [1.29, 1.82) is 0 Å². The normalized spacial score (nSPS) is 12.0. The molecule has 202 valence electrons. The molecule has 2 amide bonds. The summed E-state index contributed by atoms with van der Waals surface area (Å²) >= 11 is 12.6. The van der Waals surface area contributed by atoms with E-state index in [2.05, 4.69) is 36.1 Å². The van der Waals surface area contributed by atoms with Crippen LogP contribution >= 0.6 is 23.2 Å². The van der Waals surface area contributed by atoms with Gasteiger partial charge in [-0.25, -0.2) is 4.98 Å². The summed E-state index contributed by atoms with van der Waals surface area (Å²) in [5, 5.41) is 17.6. The third-order valence-electron chi connectivity index (χ3n) is 5.67. The third kappa shape index (κ3) is 7.50. The molecule has 11 nitrogen and oxygen atoms in total. The van der Waals surface area contributed by atoms with E-state index in [4.69, 9.17) is 27.9 Å². The van der Waals surface area contributed by atoms with Gasteiger partial charge in [0, 0.05) is 35.9 Å². The molecule has 0 saturated heterocycles. The number of rotatable bonds is 11. The Hall–Kier alpha value is -4.06. The molecule has 0 radical (unpaired) electrons. The summed E-state index contributed by atoms with van der Waals surface area (Å²) in [6, 6.07) is 12.0. The molecule has 3 N–H and O–H groups in total. The maximum atomic E-state index is 13.0. The highest BCUT2D eigenvalue weighted by molar-refractivity contribution is 6.32. The molecule has 2 heterocycles. The van der Waals surface area contributed by atoms with Gasteiger partial charge in [-0.05, 0) is 41.6 Å². The maximum absolute atomic E-state index is 13.0. The Morgan fingerprint density at radius 3 is 2.69 bits per heavy atom. The molecule has 39 heavy (non-hydrogen) atoms. The fourth-order valence-corrected chi connectivity index (χ4v) is 4.16. The van der Waals surface area contributed by atoms with E-state index in [1.54, 1.807) is 31.4 Å². The van der Waals surface area contributed by atoms with Gasteiger partial charge in [0.25, 0.3) is 0 Å². The minimum atomic E-state index is -0.792. The monoisotopic (exact) mass is 568 g/mol. The van der Waals surface area contributed by atoms with Crippen molar-refractivity contribution in [2.24, 2.45) is 0 Å². The molecular formula is C26H26Cl2N8O3. The predicted octanol–water partition coefficient (Wildman–Crippen LogP) is 3.69. The quantitative estimate of drug-likeness (QED) is 0.185. The second-order valence-corrected chi connectivity index (χ2v) is 9.36. The number of imidazole rings is 1. The lowest BCUT2D eigenvalue weighted by Gasteiger charge is -2.16. The number of tetrazole rings is 1. The van der Waals surface area contributed by atoms with Crippen LogP contribution < -0.4 is 10.6 Å². The molecule has 0 fully saturated rings. The van der Waals surface area contributed by atoms with Crippen LogP contribution in [-0.4, -0.2) is 62.3 Å². The van der Waals surface area contributed by atoms with E-state index in [-0.39, 0.29) is 12.3 Å². The molecular weight excluding hydrogens is 543 g/mol. The number of carbonyl (C=O) groups is 2. The highest BCUT2D eigenvalue weighted by Crippen LogP contribution is 2.28. The Bertz CT molecular complexity index is 1450. The molecule has 13 heteroatoms. The molecule has 0 spiro atoms. The van der Waals surface area contributed by atoms with E-state index >= 15 is 0 Å². The molecule has 0 unspecified atom stereocenters. The van der Waals surface area contributed by atoms with Crippen molar-refractivity contribution in [1.82, 2.24) is 40.8 Å². The SMILES string of the molecule is COCCNC(=O)C[C@H](NC(=O)/C=C/c1cc(Cl)ccc1-n1cnnn1)c1nc(-c2ccc(C)cc2)c(Cl)[nH]1. The van der Waals surface area contributed by atoms with Crippen molar-refractivity contribution in [2.45, 2.75) is 19.4 Å². The van der Waals surface area contributed by atoms with Crippen LogP contribution in [0, 0.1) is 6.92 Å². The number of aryl methyl sites for hydroxylation is 1. The van der Waals surface area contributed by atoms with E-state index in [0.717, 1.165) is 11.1 Å². The molecule has 0 aliphatic rings. The number of halogens is 2. The number of benzene rings is 2.